The van der Waals surface area contributed by atoms with E-state index in [2.05, 4.69) is 22.5 Å². The van der Waals surface area contributed by atoms with Crippen LogP contribution in [0, 0.1) is 0 Å². The summed E-state index contributed by atoms with van der Waals surface area (Å²) in [5.41, 5.74) is 7.19. The van der Waals surface area contributed by atoms with Crippen molar-refractivity contribution in [3.05, 3.63) is 40.9 Å². The van der Waals surface area contributed by atoms with Crippen LogP contribution in [0.5, 0.6) is 5.75 Å². The van der Waals surface area contributed by atoms with E-state index in [0.717, 1.165) is 28.6 Å². The summed E-state index contributed by atoms with van der Waals surface area (Å²) in [6, 6.07) is 5.95. The molecule has 1 atom stereocenters. The van der Waals surface area contributed by atoms with Gasteiger partial charge >= 0.3 is 0 Å². The number of hydrogen-bond acceptors (Lipinski definition) is 2. The van der Waals surface area contributed by atoms with Gasteiger partial charge in [-0.05, 0) is 38.0 Å². The van der Waals surface area contributed by atoms with E-state index in [9.17, 15) is 0 Å². The first kappa shape index (κ1) is 16.5. The van der Waals surface area contributed by atoms with Gasteiger partial charge < -0.3 is 10.5 Å². The van der Waals surface area contributed by atoms with Gasteiger partial charge in [0.05, 0.1) is 6.61 Å². The average molecular weight is 321 g/mol. The number of hydrogen-bond donors (Lipinski definition) is 1. The predicted molar refractivity (Wildman–Crippen MR) is 78.9 cm³/mol. The van der Waals surface area contributed by atoms with E-state index >= 15 is 0 Å². The molecule has 96 valence electrons. The number of benzene rings is 1. The van der Waals surface area contributed by atoms with Crippen LogP contribution >= 0.6 is 28.3 Å². The fourth-order valence-electron chi connectivity index (χ4n) is 1.55. The molecular formula is C13H19BrClNO. The topological polar surface area (TPSA) is 35.2 Å². The molecule has 2 nitrogen and oxygen atoms in total. The third-order valence-corrected chi connectivity index (χ3v) is 2.85. The smallest absolute Gasteiger partial charge is 0.124 e. The molecule has 0 radical (unpaired) electrons. The highest BCUT2D eigenvalue weighted by atomic mass is 79.9. The second-order valence-electron chi connectivity index (χ2n) is 3.59. The van der Waals surface area contributed by atoms with Crippen molar-refractivity contribution in [3.8, 4) is 5.75 Å². The van der Waals surface area contributed by atoms with Gasteiger partial charge in [0.15, 0.2) is 0 Å². The van der Waals surface area contributed by atoms with Crippen LogP contribution in [0.4, 0.5) is 0 Å². The molecule has 0 fully saturated rings. The average Bonchev–Trinajstić information content (AvgIpc) is 2.28. The van der Waals surface area contributed by atoms with Gasteiger partial charge in [-0.3, -0.25) is 0 Å². The summed E-state index contributed by atoms with van der Waals surface area (Å²) >= 11 is 3.45. The highest BCUT2D eigenvalue weighted by Gasteiger charge is 2.11. The summed E-state index contributed by atoms with van der Waals surface area (Å²) < 4.78 is 6.59. The van der Waals surface area contributed by atoms with Crippen LogP contribution in [-0.4, -0.2) is 6.61 Å². The Morgan fingerprint density at radius 2 is 2.24 bits per heavy atom. The second-order valence-corrected chi connectivity index (χ2v) is 4.50. The van der Waals surface area contributed by atoms with Crippen molar-refractivity contribution in [2.45, 2.75) is 25.8 Å². The van der Waals surface area contributed by atoms with Crippen LogP contribution in [0.3, 0.4) is 0 Å². The predicted octanol–water partition coefficient (Wildman–Crippen LogP) is 4.24. The van der Waals surface area contributed by atoms with Gasteiger partial charge in [-0.2, -0.15) is 0 Å². The van der Waals surface area contributed by atoms with E-state index in [1.54, 1.807) is 0 Å². The van der Waals surface area contributed by atoms with Gasteiger partial charge in [0.25, 0.3) is 0 Å². The Balaban J connectivity index is 0.00000256. The largest absolute Gasteiger partial charge is 0.494 e. The molecule has 0 saturated heterocycles. The fourth-order valence-corrected chi connectivity index (χ4v) is 1.93. The Kier molecular flexibility index (Phi) is 8.30. The van der Waals surface area contributed by atoms with Crippen LogP contribution < -0.4 is 10.5 Å². The molecule has 0 aliphatic rings. The van der Waals surface area contributed by atoms with Gasteiger partial charge in [0.1, 0.15) is 5.75 Å². The first-order valence-corrected chi connectivity index (χ1v) is 6.27. The number of allylic oxidation sites excluding steroid dienone is 1. The maximum atomic E-state index is 6.13. The molecule has 0 spiro atoms. The fraction of sp³-hybridized carbons (Fsp3) is 0.385. The van der Waals surface area contributed by atoms with E-state index in [1.807, 2.05) is 31.2 Å². The number of halogens is 2. The van der Waals surface area contributed by atoms with Gasteiger partial charge in [-0.25, -0.2) is 0 Å². The third kappa shape index (κ3) is 5.11. The zero-order chi connectivity index (χ0) is 12.0. The van der Waals surface area contributed by atoms with Crippen LogP contribution in [0.1, 0.15) is 31.4 Å². The monoisotopic (exact) mass is 319 g/mol. The van der Waals surface area contributed by atoms with E-state index in [1.165, 1.54) is 0 Å². The van der Waals surface area contributed by atoms with Crippen molar-refractivity contribution >= 4 is 28.3 Å². The minimum Gasteiger partial charge on any atom is -0.494 e. The van der Waals surface area contributed by atoms with Gasteiger partial charge in [-0.1, -0.05) is 22.0 Å². The molecule has 2 N–H and O–H groups in total. The lowest BCUT2D eigenvalue weighted by molar-refractivity contribution is 0.333. The Morgan fingerprint density at radius 3 is 2.82 bits per heavy atom. The lowest BCUT2D eigenvalue weighted by Gasteiger charge is -2.16. The van der Waals surface area contributed by atoms with Gasteiger partial charge in [0.2, 0.25) is 0 Å². The van der Waals surface area contributed by atoms with E-state index in [4.69, 9.17) is 10.5 Å². The number of ether oxygens (including phenoxy) is 1. The van der Waals surface area contributed by atoms with Crippen LogP contribution in [0.2, 0.25) is 0 Å². The van der Waals surface area contributed by atoms with E-state index in [-0.39, 0.29) is 18.4 Å². The summed E-state index contributed by atoms with van der Waals surface area (Å²) in [5, 5.41) is 0. The second kappa shape index (κ2) is 8.56. The molecule has 1 aromatic rings. The highest BCUT2D eigenvalue weighted by Crippen LogP contribution is 2.29. The lowest BCUT2D eigenvalue weighted by Crippen LogP contribution is -2.12. The minimum absolute atomic E-state index is 0. The van der Waals surface area contributed by atoms with Gasteiger partial charge in [0, 0.05) is 16.1 Å². The zero-order valence-electron chi connectivity index (χ0n) is 9.99. The quantitative estimate of drug-likeness (QED) is 0.796. The first-order chi connectivity index (χ1) is 7.69. The molecule has 0 aliphatic carbocycles. The molecular weight excluding hydrogens is 302 g/mol. The first-order valence-electron chi connectivity index (χ1n) is 5.47. The van der Waals surface area contributed by atoms with Crippen LogP contribution in [0.25, 0.3) is 0 Å². The van der Waals surface area contributed by atoms with Crippen LogP contribution in [-0.2, 0) is 0 Å². The molecule has 0 heterocycles. The molecule has 0 aromatic heterocycles. The Morgan fingerprint density at radius 1 is 1.53 bits per heavy atom. The number of rotatable bonds is 6. The molecule has 1 rings (SSSR count). The zero-order valence-corrected chi connectivity index (χ0v) is 12.4. The van der Waals surface area contributed by atoms with Crippen molar-refractivity contribution in [1.29, 1.82) is 0 Å². The van der Waals surface area contributed by atoms with Crippen molar-refractivity contribution in [1.82, 2.24) is 0 Å². The summed E-state index contributed by atoms with van der Waals surface area (Å²) in [5.74, 6) is 0.877. The van der Waals surface area contributed by atoms with Crippen molar-refractivity contribution in [2.75, 3.05) is 6.61 Å². The summed E-state index contributed by atoms with van der Waals surface area (Å²) in [6.45, 7) is 6.34. The molecule has 0 bridgehead atoms. The summed E-state index contributed by atoms with van der Waals surface area (Å²) in [7, 11) is 0. The highest BCUT2D eigenvalue weighted by molar-refractivity contribution is 9.10. The minimum atomic E-state index is -0.00273. The maximum absolute atomic E-state index is 6.13. The van der Waals surface area contributed by atoms with Crippen molar-refractivity contribution in [2.24, 2.45) is 5.73 Å². The van der Waals surface area contributed by atoms with Crippen molar-refractivity contribution in [3.63, 3.8) is 0 Å². The van der Waals surface area contributed by atoms with E-state index < -0.39 is 0 Å². The molecule has 1 aromatic carbocycles. The van der Waals surface area contributed by atoms with Crippen molar-refractivity contribution < 1.29 is 4.74 Å². The SMILES string of the molecule is C=CCC[C@@H](N)c1cc(Br)ccc1OCC.Cl. The Hall–Kier alpha value is -0.510. The van der Waals surface area contributed by atoms with Gasteiger partial charge in [-0.15, -0.1) is 19.0 Å². The molecule has 0 amide bonds. The normalized spacial score (nSPS) is 11.5. The summed E-state index contributed by atoms with van der Waals surface area (Å²) in [6.07, 6.45) is 3.69. The molecule has 0 saturated carbocycles. The lowest BCUT2D eigenvalue weighted by atomic mass is 10.0. The number of nitrogens with two attached hydrogens (primary N) is 1. The van der Waals surface area contributed by atoms with E-state index in [0.29, 0.717) is 6.61 Å². The molecule has 0 aliphatic heterocycles. The Labute approximate surface area is 118 Å². The Bertz CT molecular complexity index is 357. The maximum Gasteiger partial charge on any atom is 0.124 e. The molecule has 0 unspecified atom stereocenters. The molecule has 17 heavy (non-hydrogen) atoms. The molecule has 4 heteroatoms. The standard InChI is InChI=1S/C13H18BrNO.ClH/c1-3-5-6-12(15)11-9-10(14)7-8-13(11)16-4-2;/h3,7-9,12H,1,4-6,15H2,2H3;1H/t12-;/m1./s1. The van der Waals surface area contributed by atoms with Crippen LogP contribution in [0.15, 0.2) is 35.3 Å². The third-order valence-electron chi connectivity index (χ3n) is 2.35. The summed E-state index contributed by atoms with van der Waals surface area (Å²) in [4.78, 5) is 0.